The number of rotatable bonds is 0. The van der Waals surface area contributed by atoms with Gasteiger partial charge in [0.25, 0.3) is 0 Å². The van der Waals surface area contributed by atoms with Gasteiger partial charge in [0, 0.05) is 11.1 Å². The molecule has 0 aliphatic heterocycles. The number of hydrogen-bond acceptors (Lipinski definition) is 2. The van der Waals surface area contributed by atoms with Crippen molar-refractivity contribution >= 4 is 11.6 Å². The molecular formula is C14H8F2O2. The van der Waals surface area contributed by atoms with Crippen LogP contribution in [0.3, 0.4) is 0 Å². The van der Waals surface area contributed by atoms with E-state index in [4.69, 9.17) is 0 Å². The van der Waals surface area contributed by atoms with Gasteiger partial charge in [-0.1, -0.05) is 24.3 Å². The Morgan fingerprint density at radius 1 is 0.778 bits per heavy atom. The van der Waals surface area contributed by atoms with Crippen molar-refractivity contribution in [3.8, 4) is 0 Å². The van der Waals surface area contributed by atoms with Gasteiger partial charge in [-0.2, -0.15) is 0 Å². The SMILES string of the molecule is O=C1c2ccccc2C(=O)[C@@H]2C(F)=CC=C(F)[C@@H]12. The Hall–Kier alpha value is -2.10. The van der Waals surface area contributed by atoms with Gasteiger partial charge < -0.3 is 0 Å². The minimum Gasteiger partial charge on any atom is -0.293 e. The summed E-state index contributed by atoms with van der Waals surface area (Å²) in [6.07, 6.45) is 1.82. The summed E-state index contributed by atoms with van der Waals surface area (Å²) in [5.41, 5.74) is 0.337. The normalized spacial score (nSPS) is 26.1. The van der Waals surface area contributed by atoms with E-state index >= 15 is 0 Å². The second kappa shape index (κ2) is 3.70. The van der Waals surface area contributed by atoms with Crippen LogP contribution in [0, 0.1) is 11.8 Å². The maximum absolute atomic E-state index is 13.7. The minimum absolute atomic E-state index is 0.169. The second-order valence-electron chi connectivity index (χ2n) is 4.33. The summed E-state index contributed by atoms with van der Waals surface area (Å²) in [7, 11) is 0. The summed E-state index contributed by atoms with van der Waals surface area (Å²) >= 11 is 0. The molecule has 1 aromatic rings. The van der Waals surface area contributed by atoms with Crippen LogP contribution in [0.5, 0.6) is 0 Å². The average Bonchev–Trinajstić information content (AvgIpc) is 2.38. The molecule has 0 heterocycles. The summed E-state index contributed by atoms with van der Waals surface area (Å²) in [6.45, 7) is 0. The van der Waals surface area contributed by atoms with E-state index in [1.165, 1.54) is 12.1 Å². The predicted molar refractivity (Wildman–Crippen MR) is 60.5 cm³/mol. The smallest absolute Gasteiger partial charge is 0.174 e. The van der Waals surface area contributed by atoms with E-state index < -0.39 is 35.1 Å². The zero-order valence-electron chi connectivity index (χ0n) is 9.19. The fourth-order valence-corrected chi connectivity index (χ4v) is 2.49. The Morgan fingerprint density at radius 2 is 1.17 bits per heavy atom. The Kier molecular flexibility index (Phi) is 2.26. The quantitative estimate of drug-likeness (QED) is 0.705. The lowest BCUT2D eigenvalue weighted by Crippen LogP contribution is -2.38. The van der Waals surface area contributed by atoms with Gasteiger partial charge in [0.05, 0.1) is 11.8 Å². The van der Waals surface area contributed by atoms with Crippen LogP contribution in [0.25, 0.3) is 0 Å². The van der Waals surface area contributed by atoms with E-state index in [9.17, 15) is 18.4 Å². The highest BCUT2D eigenvalue weighted by atomic mass is 19.1. The molecule has 0 fully saturated rings. The molecule has 0 unspecified atom stereocenters. The number of halogens is 2. The highest BCUT2D eigenvalue weighted by Crippen LogP contribution is 2.41. The third-order valence-electron chi connectivity index (χ3n) is 3.35. The van der Waals surface area contributed by atoms with Gasteiger partial charge in [0.15, 0.2) is 11.6 Å². The summed E-state index contributed by atoms with van der Waals surface area (Å²) in [4.78, 5) is 24.3. The third kappa shape index (κ3) is 1.32. The van der Waals surface area contributed by atoms with Crippen LogP contribution in [0.15, 0.2) is 48.1 Å². The van der Waals surface area contributed by atoms with Crippen molar-refractivity contribution in [2.75, 3.05) is 0 Å². The largest absolute Gasteiger partial charge is 0.293 e. The molecule has 2 atom stereocenters. The first-order chi connectivity index (χ1) is 8.61. The fourth-order valence-electron chi connectivity index (χ4n) is 2.49. The van der Waals surface area contributed by atoms with Crippen LogP contribution in [-0.4, -0.2) is 11.6 Å². The van der Waals surface area contributed by atoms with E-state index in [0.717, 1.165) is 12.2 Å². The zero-order valence-corrected chi connectivity index (χ0v) is 9.19. The molecule has 2 nitrogen and oxygen atoms in total. The van der Waals surface area contributed by atoms with E-state index in [1.54, 1.807) is 12.1 Å². The number of ketones is 2. The van der Waals surface area contributed by atoms with Crippen molar-refractivity contribution in [2.24, 2.45) is 11.8 Å². The van der Waals surface area contributed by atoms with Crippen LogP contribution in [0.4, 0.5) is 8.78 Å². The summed E-state index contributed by atoms with van der Waals surface area (Å²) in [5.74, 6) is -5.25. The number of benzene rings is 1. The molecule has 0 aromatic heterocycles. The van der Waals surface area contributed by atoms with Gasteiger partial charge in [0.1, 0.15) is 11.7 Å². The Morgan fingerprint density at radius 3 is 1.56 bits per heavy atom. The summed E-state index contributed by atoms with van der Waals surface area (Å²) < 4.78 is 27.4. The molecule has 2 aliphatic carbocycles. The molecule has 0 amide bonds. The lowest BCUT2D eigenvalue weighted by atomic mass is 9.71. The van der Waals surface area contributed by atoms with Crippen LogP contribution in [-0.2, 0) is 0 Å². The zero-order chi connectivity index (χ0) is 12.9. The summed E-state index contributed by atoms with van der Waals surface area (Å²) in [5, 5.41) is 0. The number of carbonyl (C=O) groups is 2. The van der Waals surface area contributed by atoms with Gasteiger partial charge in [-0.25, -0.2) is 8.78 Å². The van der Waals surface area contributed by atoms with Gasteiger partial charge in [0.2, 0.25) is 0 Å². The standard InChI is InChI=1S/C14H8F2O2/c15-9-5-6-10(16)12-11(9)13(17)7-3-1-2-4-8(7)14(12)18/h1-6,11-12H/t11-,12-/m1/s1. The van der Waals surface area contributed by atoms with Crippen LogP contribution >= 0.6 is 0 Å². The number of allylic oxidation sites excluding steroid dienone is 4. The molecule has 4 heteroatoms. The van der Waals surface area contributed by atoms with Crippen molar-refractivity contribution in [1.29, 1.82) is 0 Å². The third-order valence-corrected chi connectivity index (χ3v) is 3.35. The maximum Gasteiger partial charge on any atom is 0.174 e. The first-order valence-corrected chi connectivity index (χ1v) is 5.51. The average molecular weight is 246 g/mol. The van der Waals surface area contributed by atoms with Crippen molar-refractivity contribution < 1.29 is 18.4 Å². The van der Waals surface area contributed by atoms with E-state index in [1.807, 2.05) is 0 Å². The predicted octanol–water partition coefficient (Wildman–Crippen LogP) is 3.02. The molecule has 90 valence electrons. The molecule has 1 aromatic carbocycles. The van der Waals surface area contributed by atoms with E-state index in [-0.39, 0.29) is 11.1 Å². The lowest BCUT2D eigenvalue weighted by molar-refractivity contribution is 0.0750. The molecule has 3 rings (SSSR count). The van der Waals surface area contributed by atoms with Crippen LogP contribution in [0.2, 0.25) is 0 Å². The molecule has 2 aliphatic rings. The first-order valence-electron chi connectivity index (χ1n) is 5.51. The number of Topliss-reactive ketones (excluding diaryl/α,β-unsaturated/α-hetero) is 2. The van der Waals surface area contributed by atoms with Gasteiger partial charge in [-0.05, 0) is 12.2 Å². The van der Waals surface area contributed by atoms with Gasteiger partial charge >= 0.3 is 0 Å². The van der Waals surface area contributed by atoms with Crippen molar-refractivity contribution in [3.63, 3.8) is 0 Å². The van der Waals surface area contributed by atoms with Crippen molar-refractivity contribution in [3.05, 3.63) is 59.2 Å². The molecular weight excluding hydrogens is 238 g/mol. The van der Waals surface area contributed by atoms with Gasteiger partial charge in [-0.3, -0.25) is 9.59 Å². The molecule has 0 spiro atoms. The summed E-state index contributed by atoms with van der Waals surface area (Å²) in [6, 6.07) is 6.13. The maximum atomic E-state index is 13.7. The topological polar surface area (TPSA) is 34.1 Å². The van der Waals surface area contributed by atoms with Crippen LogP contribution < -0.4 is 0 Å². The van der Waals surface area contributed by atoms with Gasteiger partial charge in [-0.15, -0.1) is 0 Å². The number of carbonyl (C=O) groups excluding carboxylic acids is 2. The Labute approximate surface area is 102 Å². The molecule has 0 saturated carbocycles. The van der Waals surface area contributed by atoms with E-state index in [2.05, 4.69) is 0 Å². The monoisotopic (exact) mass is 246 g/mol. The fraction of sp³-hybridized carbons (Fsp3) is 0.143. The lowest BCUT2D eigenvalue weighted by Gasteiger charge is -2.30. The van der Waals surface area contributed by atoms with Crippen LogP contribution in [0.1, 0.15) is 20.7 Å². The molecule has 18 heavy (non-hydrogen) atoms. The molecule has 0 radical (unpaired) electrons. The first kappa shape index (κ1) is 11.0. The Bertz CT molecular complexity index is 573. The number of hydrogen-bond donors (Lipinski definition) is 0. The van der Waals surface area contributed by atoms with Crippen molar-refractivity contribution in [1.82, 2.24) is 0 Å². The second-order valence-corrected chi connectivity index (χ2v) is 4.33. The molecule has 0 bridgehead atoms. The highest BCUT2D eigenvalue weighted by molar-refractivity contribution is 6.17. The minimum atomic E-state index is -1.34. The highest BCUT2D eigenvalue weighted by Gasteiger charge is 2.47. The van der Waals surface area contributed by atoms with E-state index in [0.29, 0.717) is 0 Å². The Balaban J connectivity index is 2.24. The molecule has 0 N–H and O–H groups in total. The van der Waals surface area contributed by atoms with Crippen molar-refractivity contribution in [2.45, 2.75) is 0 Å². The number of fused-ring (bicyclic) bond motifs is 2. The molecule has 0 saturated heterocycles.